The molecule has 1 aliphatic carbocycles. The molecule has 0 radical (unpaired) electrons. The molecule has 0 bridgehead atoms. The molecule has 19 heavy (non-hydrogen) atoms. The predicted octanol–water partition coefficient (Wildman–Crippen LogP) is 0.806. The number of rotatable bonds is 5. The second kappa shape index (κ2) is 4.89. The Kier molecular flexibility index (Phi) is 3.73. The summed E-state index contributed by atoms with van der Waals surface area (Å²) in [5.41, 5.74) is 13.3. The first-order valence-electron chi connectivity index (χ1n) is 6.70. The van der Waals surface area contributed by atoms with E-state index in [9.17, 15) is 8.42 Å². The van der Waals surface area contributed by atoms with Gasteiger partial charge in [-0.05, 0) is 17.5 Å². The molecule has 4 N–H and O–H groups in total. The molecule has 0 spiro atoms. The summed E-state index contributed by atoms with van der Waals surface area (Å²) in [4.78, 5) is 0. The van der Waals surface area contributed by atoms with E-state index in [2.05, 4.69) is 6.92 Å². The number of aryl methyl sites for hydroxylation is 1. The fourth-order valence-electron chi connectivity index (χ4n) is 2.83. The summed E-state index contributed by atoms with van der Waals surface area (Å²) < 4.78 is 24.2. The fourth-order valence-corrected chi connectivity index (χ4v) is 4.85. The molecule has 1 aromatic rings. The highest BCUT2D eigenvalue weighted by atomic mass is 32.2. The van der Waals surface area contributed by atoms with Crippen LogP contribution in [0.25, 0.3) is 0 Å². The largest absolute Gasteiger partial charge is 0.329 e. The first-order valence-corrected chi connectivity index (χ1v) is 8.41. The van der Waals surface area contributed by atoms with Crippen LogP contribution in [-0.4, -0.2) is 31.5 Å². The second-order valence-electron chi connectivity index (χ2n) is 5.26. The molecule has 0 saturated heterocycles. The Morgan fingerprint density at radius 2 is 1.79 bits per heavy atom. The zero-order valence-corrected chi connectivity index (χ0v) is 12.3. The van der Waals surface area contributed by atoms with Crippen molar-refractivity contribution in [2.24, 2.45) is 11.5 Å². The Morgan fingerprint density at radius 3 is 2.21 bits per heavy atom. The third-order valence-corrected chi connectivity index (χ3v) is 6.48. The SMILES string of the molecule is CCc1ccc([C@@H]2[C@@H](S(=O)(=O)CC)[C@]2(N)CN)cc1. The van der Waals surface area contributed by atoms with Gasteiger partial charge in [0.15, 0.2) is 9.84 Å². The molecule has 0 heterocycles. The van der Waals surface area contributed by atoms with Crippen molar-refractivity contribution in [3.8, 4) is 0 Å². The van der Waals surface area contributed by atoms with Gasteiger partial charge >= 0.3 is 0 Å². The summed E-state index contributed by atoms with van der Waals surface area (Å²) in [7, 11) is -3.16. The van der Waals surface area contributed by atoms with E-state index < -0.39 is 20.6 Å². The Labute approximate surface area is 115 Å². The van der Waals surface area contributed by atoms with Gasteiger partial charge in [-0.1, -0.05) is 38.1 Å². The number of hydrogen-bond donors (Lipinski definition) is 2. The molecule has 4 nitrogen and oxygen atoms in total. The van der Waals surface area contributed by atoms with Crippen LogP contribution in [0.15, 0.2) is 24.3 Å². The van der Waals surface area contributed by atoms with E-state index >= 15 is 0 Å². The zero-order chi connectivity index (χ0) is 14.3. The van der Waals surface area contributed by atoms with Crippen molar-refractivity contribution < 1.29 is 8.42 Å². The maximum absolute atomic E-state index is 12.1. The molecular formula is C14H22N2O2S. The van der Waals surface area contributed by atoms with E-state index in [1.165, 1.54) is 5.56 Å². The minimum atomic E-state index is -3.16. The number of benzene rings is 1. The molecule has 106 valence electrons. The smallest absolute Gasteiger partial charge is 0.155 e. The first-order chi connectivity index (χ1) is 8.90. The third-order valence-electron chi connectivity index (χ3n) is 4.19. The van der Waals surface area contributed by atoms with Crippen LogP contribution in [0, 0.1) is 0 Å². The average Bonchev–Trinajstić information content (AvgIpc) is 3.07. The summed E-state index contributed by atoms with van der Waals surface area (Å²) >= 11 is 0. The summed E-state index contributed by atoms with van der Waals surface area (Å²) in [5, 5.41) is -0.539. The molecule has 1 aromatic carbocycles. The van der Waals surface area contributed by atoms with Crippen LogP contribution in [0.1, 0.15) is 30.9 Å². The van der Waals surface area contributed by atoms with Gasteiger partial charge in [0.1, 0.15) is 0 Å². The van der Waals surface area contributed by atoms with Crippen molar-refractivity contribution in [3.05, 3.63) is 35.4 Å². The van der Waals surface area contributed by atoms with Gasteiger partial charge in [-0.3, -0.25) is 0 Å². The molecule has 1 aliphatic rings. The fraction of sp³-hybridized carbons (Fsp3) is 0.571. The average molecular weight is 282 g/mol. The van der Waals surface area contributed by atoms with Gasteiger partial charge in [-0.2, -0.15) is 0 Å². The van der Waals surface area contributed by atoms with Crippen molar-refractivity contribution in [1.29, 1.82) is 0 Å². The maximum atomic E-state index is 12.1. The lowest BCUT2D eigenvalue weighted by molar-refractivity contribution is 0.587. The van der Waals surface area contributed by atoms with Gasteiger partial charge in [0.2, 0.25) is 0 Å². The molecule has 3 atom stereocenters. The van der Waals surface area contributed by atoms with Gasteiger partial charge in [0.25, 0.3) is 0 Å². The summed E-state index contributed by atoms with van der Waals surface area (Å²) in [6.07, 6.45) is 0.965. The Bertz CT molecular complexity index is 553. The molecule has 0 unspecified atom stereocenters. The zero-order valence-electron chi connectivity index (χ0n) is 11.5. The van der Waals surface area contributed by atoms with Crippen molar-refractivity contribution >= 4 is 9.84 Å². The van der Waals surface area contributed by atoms with Crippen molar-refractivity contribution in [3.63, 3.8) is 0 Å². The topological polar surface area (TPSA) is 86.2 Å². The normalized spacial score (nSPS) is 30.3. The Morgan fingerprint density at radius 1 is 1.21 bits per heavy atom. The maximum Gasteiger partial charge on any atom is 0.155 e. The predicted molar refractivity (Wildman–Crippen MR) is 77.8 cm³/mol. The van der Waals surface area contributed by atoms with E-state index in [1.54, 1.807) is 6.92 Å². The van der Waals surface area contributed by atoms with E-state index in [0.717, 1.165) is 12.0 Å². The van der Waals surface area contributed by atoms with Gasteiger partial charge in [-0.25, -0.2) is 8.42 Å². The third kappa shape index (κ3) is 2.30. The first kappa shape index (κ1) is 14.5. The minimum Gasteiger partial charge on any atom is -0.329 e. The Hall–Kier alpha value is -0.910. The molecule has 0 amide bonds. The van der Waals surface area contributed by atoms with Gasteiger partial charge in [0.05, 0.1) is 10.8 Å². The molecule has 5 heteroatoms. The van der Waals surface area contributed by atoms with Crippen LogP contribution in [0.5, 0.6) is 0 Å². The number of nitrogens with two attached hydrogens (primary N) is 2. The lowest BCUT2D eigenvalue weighted by Crippen LogP contribution is -2.39. The van der Waals surface area contributed by atoms with Gasteiger partial charge < -0.3 is 11.5 Å². The van der Waals surface area contributed by atoms with Crippen molar-refractivity contribution in [1.82, 2.24) is 0 Å². The molecule has 1 fully saturated rings. The highest BCUT2D eigenvalue weighted by Gasteiger charge is 2.67. The molecule has 1 saturated carbocycles. The van der Waals surface area contributed by atoms with Crippen LogP contribution in [0.3, 0.4) is 0 Å². The minimum absolute atomic E-state index is 0.111. The van der Waals surface area contributed by atoms with E-state index in [1.807, 2.05) is 24.3 Å². The molecule has 0 aromatic heterocycles. The Balaban J connectivity index is 2.34. The second-order valence-corrected chi connectivity index (χ2v) is 7.67. The quantitative estimate of drug-likeness (QED) is 0.836. The molecule has 2 rings (SSSR count). The highest BCUT2D eigenvalue weighted by molar-refractivity contribution is 7.92. The van der Waals surface area contributed by atoms with Crippen molar-refractivity contribution in [2.45, 2.75) is 37.0 Å². The van der Waals surface area contributed by atoms with Crippen molar-refractivity contribution in [2.75, 3.05) is 12.3 Å². The summed E-state index contributed by atoms with van der Waals surface area (Å²) in [6, 6.07) is 8.01. The summed E-state index contributed by atoms with van der Waals surface area (Å²) in [6.45, 7) is 3.93. The van der Waals surface area contributed by atoms with Gasteiger partial charge in [0, 0.05) is 18.2 Å². The van der Waals surface area contributed by atoms with Crippen LogP contribution >= 0.6 is 0 Å². The van der Waals surface area contributed by atoms with E-state index in [-0.39, 0.29) is 18.2 Å². The van der Waals surface area contributed by atoms with E-state index in [4.69, 9.17) is 11.5 Å². The molecular weight excluding hydrogens is 260 g/mol. The highest BCUT2D eigenvalue weighted by Crippen LogP contribution is 2.53. The summed E-state index contributed by atoms with van der Waals surface area (Å²) in [5.74, 6) is -0.0615. The van der Waals surface area contributed by atoms with Crippen LogP contribution in [0.2, 0.25) is 0 Å². The molecule has 0 aliphatic heterocycles. The van der Waals surface area contributed by atoms with Gasteiger partial charge in [-0.15, -0.1) is 0 Å². The number of hydrogen-bond acceptors (Lipinski definition) is 4. The monoisotopic (exact) mass is 282 g/mol. The van der Waals surface area contributed by atoms with Crippen LogP contribution < -0.4 is 11.5 Å². The lowest BCUT2D eigenvalue weighted by atomic mass is 10.0. The van der Waals surface area contributed by atoms with Crippen LogP contribution in [0.4, 0.5) is 0 Å². The van der Waals surface area contributed by atoms with E-state index in [0.29, 0.717) is 0 Å². The lowest BCUT2D eigenvalue weighted by Gasteiger charge is -2.08. The number of sulfone groups is 1. The standard InChI is InChI=1S/C14H22N2O2S/c1-3-10-5-7-11(8-6-10)12-13(14(12,16)9-15)19(17,18)4-2/h5-8,12-13H,3-4,9,15-16H2,1-2H3/t12-,13-,14+/m1/s1. The van der Waals surface area contributed by atoms with Crippen LogP contribution in [-0.2, 0) is 16.3 Å².